The van der Waals surface area contributed by atoms with Crippen LogP contribution in [0.1, 0.15) is 23.2 Å². The van der Waals surface area contributed by atoms with Crippen molar-refractivity contribution < 1.29 is 28.6 Å². The summed E-state index contributed by atoms with van der Waals surface area (Å²) in [6, 6.07) is 11.1. The fraction of sp³-hybridized carbons (Fsp3) is 0.348. The fourth-order valence-electron chi connectivity index (χ4n) is 3.57. The number of benzene rings is 2. The zero-order chi connectivity index (χ0) is 23.1. The number of methoxy groups -OCH3 is 3. The van der Waals surface area contributed by atoms with Crippen molar-refractivity contribution in [2.45, 2.75) is 18.9 Å². The number of hydrogen-bond acceptors (Lipinski definition) is 6. The lowest BCUT2D eigenvalue weighted by molar-refractivity contribution is -0.135. The van der Waals surface area contributed by atoms with Crippen LogP contribution < -0.4 is 24.8 Å². The van der Waals surface area contributed by atoms with Crippen LogP contribution in [0.4, 0.5) is 5.69 Å². The Morgan fingerprint density at radius 2 is 1.69 bits per heavy atom. The first-order valence-corrected chi connectivity index (χ1v) is 10.2. The highest BCUT2D eigenvalue weighted by molar-refractivity contribution is 5.99. The van der Waals surface area contributed by atoms with E-state index < -0.39 is 11.9 Å². The van der Waals surface area contributed by atoms with Gasteiger partial charge < -0.3 is 29.7 Å². The van der Waals surface area contributed by atoms with E-state index in [0.717, 1.165) is 6.42 Å². The van der Waals surface area contributed by atoms with Gasteiger partial charge in [0.25, 0.3) is 5.91 Å². The number of nitrogens with zero attached hydrogens (tertiary/aromatic N) is 1. The smallest absolute Gasteiger partial charge is 0.251 e. The van der Waals surface area contributed by atoms with Gasteiger partial charge in [0, 0.05) is 17.8 Å². The Balaban J connectivity index is 1.57. The van der Waals surface area contributed by atoms with Crippen molar-refractivity contribution in [2.24, 2.45) is 0 Å². The highest BCUT2D eigenvalue weighted by Crippen LogP contribution is 2.27. The van der Waals surface area contributed by atoms with Crippen molar-refractivity contribution in [1.82, 2.24) is 10.2 Å². The topological polar surface area (TPSA) is 106 Å². The molecule has 2 N–H and O–H groups in total. The van der Waals surface area contributed by atoms with Gasteiger partial charge in [-0.25, -0.2) is 0 Å². The first-order valence-electron chi connectivity index (χ1n) is 10.2. The van der Waals surface area contributed by atoms with Crippen molar-refractivity contribution in [3.8, 4) is 17.2 Å². The maximum absolute atomic E-state index is 12.7. The number of nitrogens with one attached hydrogen (secondary N) is 2. The van der Waals surface area contributed by atoms with E-state index in [0.29, 0.717) is 41.5 Å². The van der Waals surface area contributed by atoms with Crippen molar-refractivity contribution in [3.63, 3.8) is 0 Å². The van der Waals surface area contributed by atoms with Crippen LogP contribution in [-0.4, -0.2) is 63.1 Å². The molecule has 0 radical (unpaired) electrons. The minimum Gasteiger partial charge on any atom is -0.497 e. The van der Waals surface area contributed by atoms with Crippen molar-refractivity contribution >= 4 is 23.4 Å². The quantitative estimate of drug-likeness (QED) is 0.650. The molecule has 0 aliphatic carbocycles. The lowest BCUT2D eigenvalue weighted by Gasteiger charge is -2.24. The lowest BCUT2D eigenvalue weighted by atomic mass is 10.2. The van der Waals surface area contributed by atoms with E-state index in [1.165, 1.54) is 19.1 Å². The Labute approximate surface area is 186 Å². The molecule has 1 atom stereocenters. The molecule has 170 valence electrons. The predicted molar refractivity (Wildman–Crippen MR) is 118 cm³/mol. The van der Waals surface area contributed by atoms with Gasteiger partial charge >= 0.3 is 0 Å². The Bertz CT molecular complexity index is 976. The molecule has 9 heteroatoms. The lowest BCUT2D eigenvalue weighted by Crippen LogP contribution is -2.47. The molecule has 3 amide bonds. The summed E-state index contributed by atoms with van der Waals surface area (Å²) in [6.45, 7) is 0.255. The van der Waals surface area contributed by atoms with Gasteiger partial charge in [-0.05, 0) is 55.3 Å². The van der Waals surface area contributed by atoms with Crippen molar-refractivity contribution in [3.05, 3.63) is 48.0 Å². The van der Waals surface area contributed by atoms with Gasteiger partial charge in [0.05, 0.1) is 27.9 Å². The number of anilines is 1. The minimum atomic E-state index is -0.581. The number of likely N-dealkylation sites (tertiary alicyclic amines) is 1. The van der Waals surface area contributed by atoms with E-state index in [1.54, 1.807) is 49.6 Å². The number of amides is 3. The van der Waals surface area contributed by atoms with Gasteiger partial charge in [-0.3, -0.25) is 14.4 Å². The summed E-state index contributed by atoms with van der Waals surface area (Å²) in [6.07, 6.45) is 1.29. The largest absolute Gasteiger partial charge is 0.497 e. The first-order chi connectivity index (χ1) is 15.5. The Morgan fingerprint density at radius 3 is 2.34 bits per heavy atom. The molecule has 2 aromatic rings. The van der Waals surface area contributed by atoms with Crippen LogP contribution >= 0.6 is 0 Å². The molecule has 1 unspecified atom stereocenters. The molecule has 1 aliphatic rings. The van der Waals surface area contributed by atoms with Gasteiger partial charge in [0.1, 0.15) is 11.8 Å². The third-order valence-electron chi connectivity index (χ3n) is 5.28. The molecule has 1 saturated heterocycles. The summed E-state index contributed by atoms with van der Waals surface area (Å²) in [7, 11) is 4.56. The average molecular weight is 441 g/mol. The molecule has 1 heterocycles. The van der Waals surface area contributed by atoms with Crippen LogP contribution in [-0.2, 0) is 9.59 Å². The van der Waals surface area contributed by atoms with Gasteiger partial charge in [-0.15, -0.1) is 0 Å². The SMILES string of the molecule is COc1ccc(NC(=O)C2CCCN2C(=O)CNC(=O)c2ccc(OC)c(OC)c2)cc1. The van der Waals surface area contributed by atoms with Crippen LogP contribution in [0.15, 0.2) is 42.5 Å². The van der Waals surface area contributed by atoms with E-state index >= 15 is 0 Å². The first kappa shape index (κ1) is 22.9. The molecule has 1 fully saturated rings. The third kappa shape index (κ3) is 5.29. The second-order valence-corrected chi connectivity index (χ2v) is 7.22. The fourth-order valence-corrected chi connectivity index (χ4v) is 3.57. The highest BCUT2D eigenvalue weighted by atomic mass is 16.5. The number of carbonyl (C=O) groups is 3. The molecule has 3 rings (SSSR count). The molecular formula is C23H27N3O6. The minimum absolute atomic E-state index is 0.209. The molecule has 0 aromatic heterocycles. The molecule has 32 heavy (non-hydrogen) atoms. The molecule has 1 aliphatic heterocycles. The monoisotopic (exact) mass is 441 g/mol. The Kier molecular flexibility index (Phi) is 7.54. The van der Waals surface area contributed by atoms with Crippen LogP contribution in [0.2, 0.25) is 0 Å². The van der Waals surface area contributed by atoms with Crippen molar-refractivity contribution in [1.29, 1.82) is 0 Å². The Morgan fingerprint density at radius 1 is 0.969 bits per heavy atom. The van der Waals surface area contributed by atoms with Gasteiger partial charge in [0.15, 0.2) is 11.5 Å². The van der Waals surface area contributed by atoms with E-state index in [-0.39, 0.29) is 18.4 Å². The van der Waals surface area contributed by atoms with E-state index in [9.17, 15) is 14.4 Å². The molecule has 0 saturated carbocycles. The second kappa shape index (κ2) is 10.5. The zero-order valence-electron chi connectivity index (χ0n) is 18.3. The normalized spacial score (nSPS) is 15.1. The summed E-state index contributed by atoms with van der Waals surface area (Å²) in [5.74, 6) is 0.617. The predicted octanol–water partition coefficient (Wildman–Crippen LogP) is 2.07. The summed E-state index contributed by atoms with van der Waals surface area (Å²) >= 11 is 0. The summed E-state index contributed by atoms with van der Waals surface area (Å²) in [5, 5.41) is 5.45. The molecule has 9 nitrogen and oxygen atoms in total. The van der Waals surface area contributed by atoms with Gasteiger partial charge in [0.2, 0.25) is 11.8 Å². The second-order valence-electron chi connectivity index (χ2n) is 7.22. The van der Waals surface area contributed by atoms with Gasteiger partial charge in [-0.1, -0.05) is 0 Å². The summed E-state index contributed by atoms with van der Waals surface area (Å²) in [4.78, 5) is 39.4. The van der Waals surface area contributed by atoms with Crippen molar-refractivity contribution in [2.75, 3.05) is 39.7 Å². The molecule has 0 spiro atoms. The number of ether oxygens (including phenoxy) is 3. The zero-order valence-corrected chi connectivity index (χ0v) is 18.3. The molecule has 2 aromatic carbocycles. The maximum Gasteiger partial charge on any atom is 0.251 e. The average Bonchev–Trinajstić information content (AvgIpc) is 3.32. The van der Waals surface area contributed by atoms with E-state index in [1.807, 2.05) is 0 Å². The van der Waals surface area contributed by atoms with Crippen LogP contribution in [0.25, 0.3) is 0 Å². The standard InChI is InChI=1S/C23H27N3O6/c1-30-17-9-7-16(8-10-17)25-23(29)18-5-4-12-26(18)21(27)14-24-22(28)15-6-11-19(31-2)20(13-15)32-3/h6-11,13,18H,4-5,12,14H2,1-3H3,(H,24,28)(H,25,29). The van der Waals surface area contributed by atoms with Crippen LogP contribution in [0.3, 0.4) is 0 Å². The molecular weight excluding hydrogens is 414 g/mol. The highest BCUT2D eigenvalue weighted by Gasteiger charge is 2.34. The van der Waals surface area contributed by atoms with Crippen LogP contribution in [0, 0.1) is 0 Å². The summed E-state index contributed by atoms with van der Waals surface area (Å²) < 4.78 is 15.5. The Hall–Kier alpha value is -3.75. The van der Waals surface area contributed by atoms with E-state index in [4.69, 9.17) is 14.2 Å². The summed E-state index contributed by atoms with van der Waals surface area (Å²) in [5.41, 5.74) is 0.961. The maximum atomic E-state index is 12.7. The molecule has 0 bridgehead atoms. The van der Waals surface area contributed by atoms with Gasteiger partial charge in [-0.2, -0.15) is 0 Å². The third-order valence-corrected chi connectivity index (χ3v) is 5.28. The number of rotatable bonds is 8. The van der Waals surface area contributed by atoms with E-state index in [2.05, 4.69) is 10.6 Å². The number of hydrogen-bond donors (Lipinski definition) is 2. The number of carbonyl (C=O) groups excluding carboxylic acids is 3. The van der Waals surface area contributed by atoms with Crippen LogP contribution in [0.5, 0.6) is 17.2 Å².